The second kappa shape index (κ2) is 8.63. The number of carbonyl (C=O) groups is 1. The summed E-state index contributed by atoms with van der Waals surface area (Å²) in [5.41, 5.74) is 2.08. The van der Waals surface area contributed by atoms with E-state index in [1.54, 1.807) is 31.2 Å². The smallest absolute Gasteiger partial charge is 0.266 e. The minimum Gasteiger partial charge on any atom is -0.352 e. The summed E-state index contributed by atoms with van der Waals surface area (Å²) in [7, 11) is 0. The second-order valence-corrected chi connectivity index (χ2v) is 8.07. The first kappa shape index (κ1) is 20.2. The number of rotatable bonds is 6. The van der Waals surface area contributed by atoms with Crippen molar-refractivity contribution in [2.24, 2.45) is 0 Å². The maximum absolute atomic E-state index is 13.2. The molecule has 1 atom stereocenters. The molecule has 0 spiro atoms. The lowest BCUT2D eigenvalue weighted by atomic mass is 10.2. The van der Waals surface area contributed by atoms with E-state index in [-0.39, 0.29) is 11.5 Å². The van der Waals surface area contributed by atoms with Crippen LogP contribution in [0, 0.1) is 6.92 Å². The van der Waals surface area contributed by atoms with Gasteiger partial charge in [-0.1, -0.05) is 47.1 Å². The summed E-state index contributed by atoms with van der Waals surface area (Å²) in [6.07, 6.45) is 1.62. The van der Waals surface area contributed by atoms with Crippen molar-refractivity contribution in [3.8, 4) is 5.69 Å². The van der Waals surface area contributed by atoms with Crippen molar-refractivity contribution in [3.05, 3.63) is 76.1 Å². The molecule has 28 heavy (non-hydrogen) atoms. The summed E-state index contributed by atoms with van der Waals surface area (Å²) in [5, 5.41) is 3.73. The molecule has 3 aromatic rings. The van der Waals surface area contributed by atoms with Crippen LogP contribution in [0.5, 0.6) is 0 Å². The predicted octanol–water partition coefficient (Wildman–Crippen LogP) is 4.13. The van der Waals surface area contributed by atoms with Gasteiger partial charge in [0.25, 0.3) is 5.56 Å². The quantitative estimate of drug-likeness (QED) is 0.375. The Bertz CT molecular complexity index is 1090. The molecule has 0 saturated carbocycles. The molecule has 1 N–H and O–H groups in total. The summed E-state index contributed by atoms with van der Waals surface area (Å²) in [6, 6.07) is 12.6. The van der Waals surface area contributed by atoms with Crippen LogP contribution in [0.2, 0.25) is 5.02 Å². The molecule has 0 saturated heterocycles. The van der Waals surface area contributed by atoms with Crippen molar-refractivity contribution in [2.75, 3.05) is 6.54 Å². The van der Waals surface area contributed by atoms with Crippen LogP contribution in [-0.4, -0.2) is 27.3 Å². The number of aryl methyl sites for hydroxylation is 1. The molecule has 5 nitrogen and oxygen atoms in total. The van der Waals surface area contributed by atoms with E-state index in [4.69, 9.17) is 11.6 Å². The molecule has 1 heterocycles. The zero-order valence-corrected chi connectivity index (χ0v) is 17.2. The average molecular weight is 414 g/mol. The maximum Gasteiger partial charge on any atom is 0.266 e. The first-order valence-electron chi connectivity index (χ1n) is 8.75. The minimum atomic E-state index is -0.444. The number of amides is 1. The van der Waals surface area contributed by atoms with Crippen LogP contribution >= 0.6 is 23.4 Å². The lowest BCUT2D eigenvalue weighted by Crippen LogP contribution is -2.32. The number of benzene rings is 2. The van der Waals surface area contributed by atoms with Crippen molar-refractivity contribution >= 4 is 40.2 Å². The Labute approximate surface area is 172 Å². The van der Waals surface area contributed by atoms with E-state index in [0.29, 0.717) is 33.3 Å². The maximum atomic E-state index is 13.2. The number of carbonyl (C=O) groups excluding carboxylic acids is 1. The fourth-order valence-corrected chi connectivity index (χ4v) is 3.78. The van der Waals surface area contributed by atoms with Gasteiger partial charge in [0.2, 0.25) is 5.91 Å². The lowest BCUT2D eigenvalue weighted by Gasteiger charge is -2.16. The number of nitrogens with zero attached hydrogens (tertiary/aromatic N) is 2. The van der Waals surface area contributed by atoms with Gasteiger partial charge in [0, 0.05) is 11.6 Å². The molecule has 144 valence electrons. The second-order valence-electron chi connectivity index (χ2n) is 6.33. The first-order chi connectivity index (χ1) is 13.4. The van der Waals surface area contributed by atoms with Gasteiger partial charge in [0.15, 0.2) is 5.16 Å². The zero-order chi connectivity index (χ0) is 20.3. The highest BCUT2D eigenvalue weighted by Crippen LogP contribution is 2.26. The van der Waals surface area contributed by atoms with E-state index in [1.165, 1.54) is 16.3 Å². The Morgan fingerprint density at radius 2 is 2.04 bits per heavy atom. The number of hydrogen-bond acceptors (Lipinski definition) is 4. The average Bonchev–Trinajstić information content (AvgIpc) is 2.67. The van der Waals surface area contributed by atoms with E-state index < -0.39 is 5.25 Å². The van der Waals surface area contributed by atoms with Crippen molar-refractivity contribution in [3.63, 3.8) is 0 Å². The van der Waals surface area contributed by atoms with Crippen molar-refractivity contribution in [2.45, 2.75) is 24.3 Å². The topological polar surface area (TPSA) is 64.0 Å². The van der Waals surface area contributed by atoms with E-state index >= 15 is 0 Å². The molecule has 7 heteroatoms. The summed E-state index contributed by atoms with van der Waals surface area (Å²) in [6.45, 7) is 7.74. The lowest BCUT2D eigenvalue weighted by molar-refractivity contribution is -0.120. The Kier molecular flexibility index (Phi) is 6.21. The fraction of sp³-hybridized carbons (Fsp3) is 0.190. The van der Waals surface area contributed by atoms with Gasteiger partial charge in [-0.2, -0.15) is 0 Å². The molecule has 0 fully saturated rings. The first-order valence-corrected chi connectivity index (χ1v) is 10.0. The molecule has 1 aromatic heterocycles. The molecule has 3 rings (SSSR count). The Morgan fingerprint density at radius 1 is 1.32 bits per heavy atom. The highest BCUT2D eigenvalue weighted by Gasteiger charge is 2.20. The predicted molar refractivity (Wildman–Crippen MR) is 116 cm³/mol. The zero-order valence-electron chi connectivity index (χ0n) is 15.6. The monoisotopic (exact) mass is 413 g/mol. The molecule has 0 radical (unpaired) electrons. The van der Waals surface area contributed by atoms with Crippen LogP contribution < -0.4 is 10.9 Å². The molecule has 0 bridgehead atoms. The molecule has 0 unspecified atom stereocenters. The van der Waals surface area contributed by atoms with Crippen LogP contribution in [0.15, 0.2) is 65.1 Å². The largest absolute Gasteiger partial charge is 0.352 e. The molecule has 0 aliphatic carbocycles. The summed E-state index contributed by atoms with van der Waals surface area (Å²) in [5.74, 6) is -0.152. The molecule has 0 aliphatic heterocycles. The van der Waals surface area contributed by atoms with Crippen molar-refractivity contribution in [1.82, 2.24) is 14.9 Å². The third-order valence-electron chi connectivity index (χ3n) is 4.16. The Hall–Kier alpha value is -2.57. The van der Waals surface area contributed by atoms with Gasteiger partial charge in [-0.05, 0) is 44.2 Å². The molecule has 2 aromatic carbocycles. The van der Waals surface area contributed by atoms with E-state index in [1.807, 2.05) is 31.2 Å². The van der Waals surface area contributed by atoms with Crippen LogP contribution in [-0.2, 0) is 4.79 Å². The molecule has 1 amide bonds. The van der Waals surface area contributed by atoms with E-state index in [2.05, 4.69) is 16.9 Å². The summed E-state index contributed by atoms with van der Waals surface area (Å²) >= 11 is 7.31. The Balaban J connectivity index is 2.14. The normalized spacial score (nSPS) is 12.0. The van der Waals surface area contributed by atoms with Crippen LogP contribution in [0.4, 0.5) is 0 Å². The summed E-state index contributed by atoms with van der Waals surface area (Å²) < 4.78 is 1.54. The van der Waals surface area contributed by atoms with Crippen LogP contribution in [0.1, 0.15) is 12.5 Å². The SMILES string of the molecule is C=CCNC(=O)[C@@H](C)Sc1nc2cc(Cl)ccc2c(=O)n1-c1ccc(C)cc1. The van der Waals surface area contributed by atoms with Gasteiger partial charge in [-0.15, -0.1) is 6.58 Å². The number of thioether (sulfide) groups is 1. The van der Waals surface area contributed by atoms with Crippen LogP contribution in [0.3, 0.4) is 0 Å². The molecular formula is C21H20ClN3O2S. The molecule has 0 aliphatic rings. The number of hydrogen-bond donors (Lipinski definition) is 1. The van der Waals surface area contributed by atoms with Gasteiger partial charge in [0.1, 0.15) is 0 Å². The van der Waals surface area contributed by atoms with E-state index in [0.717, 1.165) is 5.56 Å². The summed E-state index contributed by atoms with van der Waals surface area (Å²) in [4.78, 5) is 30.1. The number of nitrogens with one attached hydrogen (secondary N) is 1. The number of aromatic nitrogens is 2. The Morgan fingerprint density at radius 3 is 2.71 bits per heavy atom. The third-order valence-corrected chi connectivity index (χ3v) is 5.45. The standard InChI is InChI=1S/C21H20ClN3O2S/c1-4-11-23-19(26)14(3)28-21-24-18-12-15(22)7-10-17(18)20(27)25(21)16-8-5-13(2)6-9-16/h4-10,12,14H,1,11H2,2-3H3,(H,23,26)/t14-/m1/s1. The van der Waals surface area contributed by atoms with Crippen LogP contribution in [0.25, 0.3) is 16.6 Å². The van der Waals surface area contributed by atoms with Gasteiger partial charge in [-0.3, -0.25) is 14.2 Å². The highest BCUT2D eigenvalue weighted by molar-refractivity contribution is 8.00. The third kappa shape index (κ3) is 4.29. The van der Waals surface area contributed by atoms with Gasteiger partial charge in [0.05, 0.1) is 21.8 Å². The highest BCUT2D eigenvalue weighted by atomic mass is 35.5. The van der Waals surface area contributed by atoms with Crippen molar-refractivity contribution in [1.29, 1.82) is 0 Å². The van der Waals surface area contributed by atoms with Gasteiger partial charge < -0.3 is 5.32 Å². The van der Waals surface area contributed by atoms with Crippen molar-refractivity contribution < 1.29 is 4.79 Å². The van der Waals surface area contributed by atoms with E-state index in [9.17, 15) is 9.59 Å². The molecular weight excluding hydrogens is 394 g/mol. The minimum absolute atomic E-state index is 0.152. The fourth-order valence-electron chi connectivity index (χ4n) is 2.67. The number of fused-ring (bicyclic) bond motifs is 1. The number of halogens is 1. The van der Waals surface area contributed by atoms with Gasteiger partial charge >= 0.3 is 0 Å². The van der Waals surface area contributed by atoms with Gasteiger partial charge in [-0.25, -0.2) is 4.98 Å².